The van der Waals surface area contributed by atoms with E-state index in [1.54, 1.807) is 0 Å². The van der Waals surface area contributed by atoms with Gasteiger partial charge in [0.05, 0.1) is 0 Å². The molecule has 0 fully saturated rings. The second kappa shape index (κ2) is 34.0. The van der Waals surface area contributed by atoms with Gasteiger partial charge in [-0.2, -0.15) is 0 Å². The summed E-state index contributed by atoms with van der Waals surface area (Å²) < 4.78 is 0. The van der Waals surface area contributed by atoms with Crippen molar-refractivity contribution < 1.29 is 29.1 Å². The zero-order valence-corrected chi connectivity index (χ0v) is 25.0. The van der Waals surface area contributed by atoms with Crippen LogP contribution < -0.4 is 0 Å². The zero-order valence-electron chi connectivity index (χ0n) is 23.2. The Morgan fingerprint density at radius 2 is 0.667 bits per heavy atom. The maximum Gasteiger partial charge on any atom is 6.00 e. The molecule has 0 aliphatic carbocycles. The van der Waals surface area contributed by atoms with Gasteiger partial charge in [0, 0.05) is 0 Å². The number of hydrogen-bond donors (Lipinski definition) is 0. The average molecular weight is 556 g/mol. The van der Waals surface area contributed by atoms with E-state index in [0.29, 0.717) is 24.2 Å². The van der Waals surface area contributed by atoms with Crippen LogP contribution in [0.5, 0.6) is 0 Å². The van der Waals surface area contributed by atoms with Gasteiger partial charge in [0.15, 0.2) is 0 Å². The Labute approximate surface area is 220 Å². The van der Waals surface area contributed by atoms with E-state index in [1.807, 2.05) is 0 Å². The molecule has 6 nitrogen and oxygen atoms in total. The third-order valence-corrected chi connectivity index (χ3v) is 5.16. The molecule has 0 aromatic heterocycles. The Balaban J connectivity index is -0.000000134. The third kappa shape index (κ3) is 31.8. The van der Waals surface area contributed by atoms with Crippen molar-refractivity contribution in [1.29, 1.82) is 0 Å². The summed E-state index contributed by atoms with van der Waals surface area (Å²) in [6.45, 7) is 28.3. The molecule has 4 atom stereocenters. The van der Waals surface area contributed by atoms with E-state index < -0.39 is 0 Å². The quantitative estimate of drug-likeness (QED) is 0.109. The first-order valence-electron chi connectivity index (χ1n) is 12.5. The number of nitrogens with zero attached hydrogens (tertiary/aromatic N) is 4. The monoisotopic (exact) mass is 556 g/mol. The van der Waals surface area contributed by atoms with E-state index >= 15 is 0 Å². The Morgan fingerprint density at radius 3 is 0.788 bits per heavy atom. The van der Waals surface area contributed by atoms with Gasteiger partial charge in [0.25, 0.3) is 0 Å². The second-order valence-electron chi connectivity index (χ2n) is 8.16. The molecule has 0 amide bonds. The summed E-state index contributed by atoms with van der Waals surface area (Å²) >= 11 is 0. The van der Waals surface area contributed by atoms with E-state index in [2.05, 4.69) is 82.8 Å². The van der Waals surface area contributed by atoms with Crippen LogP contribution in [-0.4, -0.2) is 50.1 Å². The fourth-order valence-electron chi connectivity index (χ4n) is 2.49. The van der Waals surface area contributed by atoms with E-state index in [-0.39, 0.29) is 31.8 Å². The van der Waals surface area contributed by atoms with Gasteiger partial charge in [-0.15, -0.1) is 24.2 Å². The van der Waals surface area contributed by atoms with Gasteiger partial charge < -0.3 is 30.9 Å². The third-order valence-electron chi connectivity index (χ3n) is 5.16. The molecule has 0 aromatic rings. The largest absolute Gasteiger partial charge is 6.00 e. The Bertz CT molecular complexity index is 298. The van der Waals surface area contributed by atoms with Crippen LogP contribution in [0.4, 0.5) is 0 Å². The van der Waals surface area contributed by atoms with Crippen LogP contribution in [0.25, 0.3) is 21.3 Å². The first-order chi connectivity index (χ1) is 15.3. The summed E-state index contributed by atoms with van der Waals surface area (Å²) in [7, 11) is 0. The first kappa shape index (κ1) is 42.9. The van der Waals surface area contributed by atoms with Crippen molar-refractivity contribution in [3.8, 4) is 0 Å². The molecule has 0 radical (unpaired) electrons. The van der Waals surface area contributed by atoms with E-state index in [9.17, 15) is 0 Å². The molecule has 0 saturated heterocycles. The Morgan fingerprint density at radius 1 is 0.485 bits per heavy atom. The fraction of sp³-hybridized carbons (Fsp3) is 0.923. The maximum absolute atomic E-state index is 7.75. The molecule has 4 unspecified atom stereocenters. The molecule has 0 aromatic carbocycles. The maximum atomic E-state index is 7.75. The van der Waals surface area contributed by atoms with Gasteiger partial charge in [0.2, 0.25) is 0 Å². The minimum atomic E-state index is 0. The molecule has 0 saturated carbocycles. The number of hydrogen-bond acceptors (Lipinski definition) is 2. The molecular weight excluding hydrogens is 501 g/mol. The van der Waals surface area contributed by atoms with Gasteiger partial charge in [-0.1, -0.05) is 121 Å². The zero-order chi connectivity index (χ0) is 25.9. The predicted molar refractivity (Wildman–Crippen MR) is 143 cm³/mol. The van der Waals surface area contributed by atoms with Crippen LogP contribution >= 0.6 is 0 Å². The summed E-state index contributed by atoms with van der Waals surface area (Å²) in [5.74, 6) is 0. The SMILES string of the molecule is CCCC([N-]C(C)CC)[N-]C(C)CC.CCCC([N-]C(C)CC)[N-]C(C)CC.[CH-]=O.[CH-]=O.[Ru+6]. The van der Waals surface area contributed by atoms with Gasteiger partial charge in [-0.05, 0) is 0 Å². The molecule has 0 rings (SSSR count). The summed E-state index contributed by atoms with van der Waals surface area (Å²) in [5.41, 5.74) is 0. The van der Waals surface area contributed by atoms with Crippen molar-refractivity contribution in [1.82, 2.24) is 0 Å². The molecule has 0 aliphatic heterocycles. The molecular formula is C26H54N4O2Ru. The smallest absolute Gasteiger partial charge is 0.675 e. The molecule has 33 heavy (non-hydrogen) atoms. The van der Waals surface area contributed by atoms with Crippen molar-refractivity contribution >= 4 is 13.6 Å². The van der Waals surface area contributed by atoms with Gasteiger partial charge in [-0.25, -0.2) is 12.3 Å². The molecule has 0 aliphatic rings. The first-order valence-corrected chi connectivity index (χ1v) is 12.5. The van der Waals surface area contributed by atoms with Crippen LogP contribution in [0.2, 0.25) is 0 Å². The topological polar surface area (TPSA) is 90.5 Å². The fourth-order valence-corrected chi connectivity index (χ4v) is 2.49. The van der Waals surface area contributed by atoms with E-state index in [4.69, 9.17) is 30.9 Å². The van der Waals surface area contributed by atoms with Crippen LogP contribution in [0.15, 0.2) is 0 Å². The van der Waals surface area contributed by atoms with Crippen LogP contribution in [0, 0.1) is 0 Å². The van der Waals surface area contributed by atoms with Gasteiger partial charge in [0.1, 0.15) is 0 Å². The van der Waals surface area contributed by atoms with Gasteiger partial charge in [-0.3, -0.25) is 13.6 Å². The molecule has 0 N–H and O–H groups in total. The predicted octanol–water partition coefficient (Wildman–Crippen LogP) is 8.36. The van der Waals surface area contributed by atoms with Crippen molar-refractivity contribution in [2.45, 2.75) is 157 Å². The van der Waals surface area contributed by atoms with Crippen molar-refractivity contribution in [2.24, 2.45) is 0 Å². The molecule has 0 bridgehead atoms. The molecule has 0 heterocycles. The summed E-state index contributed by atoms with van der Waals surface area (Å²) in [6.07, 6.45) is 9.52. The summed E-state index contributed by atoms with van der Waals surface area (Å²) in [6, 6.07) is 1.83. The average Bonchev–Trinajstić information content (AvgIpc) is 2.81. The summed E-state index contributed by atoms with van der Waals surface area (Å²) in [5, 5.41) is 18.8. The van der Waals surface area contributed by atoms with Gasteiger partial charge >= 0.3 is 19.5 Å². The van der Waals surface area contributed by atoms with Crippen LogP contribution in [0.1, 0.15) is 121 Å². The second-order valence-corrected chi connectivity index (χ2v) is 8.16. The minimum absolute atomic E-state index is 0. The summed E-state index contributed by atoms with van der Waals surface area (Å²) in [4.78, 5) is 15.5. The van der Waals surface area contributed by atoms with E-state index in [0.717, 1.165) is 38.5 Å². The number of carbonyl (C=O) groups excluding carboxylic acids is 2. The molecule has 198 valence electrons. The van der Waals surface area contributed by atoms with Crippen LogP contribution in [0.3, 0.4) is 0 Å². The Kier molecular flexibility index (Phi) is 44.2. The normalized spacial score (nSPS) is 15.3. The number of rotatable bonds is 16. The van der Waals surface area contributed by atoms with Crippen LogP contribution in [-0.2, 0) is 29.1 Å². The van der Waals surface area contributed by atoms with Crippen molar-refractivity contribution in [2.75, 3.05) is 0 Å². The standard InChI is InChI=1S/2C12H26N2.2CHO.Ru/c2*1-6-9-12(13-10(4)7-2)14-11(5)8-3;2*1-2;/h2*10-12H,6-9H2,1-5H3;2*1H;/q2*-2;2*-1;+6. The minimum Gasteiger partial charge on any atom is -0.675 e. The van der Waals surface area contributed by atoms with Crippen molar-refractivity contribution in [3.05, 3.63) is 21.3 Å². The molecule has 0 spiro atoms. The Hall–Kier alpha value is -0.197. The van der Waals surface area contributed by atoms with E-state index in [1.165, 1.54) is 12.8 Å². The van der Waals surface area contributed by atoms with Crippen molar-refractivity contribution in [3.63, 3.8) is 0 Å². The molecule has 7 heteroatoms.